The number of ether oxygens (including phenoxy) is 1. The number of hydrogen-bond acceptors (Lipinski definition) is 7. The molecule has 0 aromatic heterocycles. The van der Waals surface area contributed by atoms with E-state index in [1.165, 1.54) is 30.3 Å². The molecule has 10 heteroatoms. The number of ketones is 1. The molecule has 0 N–H and O–H groups in total. The van der Waals surface area contributed by atoms with Crippen LogP contribution in [0.1, 0.15) is 31.2 Å². The fourth-order valence-corrected chi connectivity index (χ4v) is 2.03. The second-order valence-electron chi connectivity index (χ2n) is 5.29. The topological polar surface area (TPSA) is 159 Å². The van der Waals surface area contributed by atoms with Gasteiger partial charge in [0.1, 0.15) is 12.2 Å². The number of nitriles is 1. The van der Waals surface area contributed by atoms with E-state index in [4.69, 9.17) is 15.5 Å². The number of esters is 1. The molecule has 140 valence electrons. The molecule has 0 aliphatic heterocycles. The lowest BCUT2D eigenvalue weighted by Gasteiger charge is -2.07. The van der Waals surface area contributed by atoms with Gasteiger partial charge in [0, 0.05) is 30.0 Å². The molecule has 10 nitrogen and oxygen atoms in total. The van der Waals surface area contributed by atoms with Gasteiger partial charge < -0.3 is 4.74 Å². The number of carbonyl (C=O) groups excluding carboxylic acids is 2. The largest absolute Gasteiger partial charge is 0.461 e. The molecule has 0 atom stereocenters. The van der Waals surface area contributed by atoms with Gasteiger partial charge in [-0.15, -0.1) is 0 Å². The summed E-state index contributed by atoms with van der Waals surface area (Å²) in [7, 11) is 0. The maximum absolute atomic E-state index is 12.4. The van der Waals surface area contributed by atoms with Crippen molar-refractivity contribution in [1.29, 1.82) is 5.26 Å². The van der Waals surface area contributed by atoms with Gasteiger partial charge in [-0.3, -0.25) is 14.9 Å². The molecule has 0 saturated heterocycles. The Morgan fingerprint density at radius 3 is 2.63 bits per heavy atom. The molecular weight excluding hydrogens is 354 g/mol. The van der Waals surface area contributed by atoms with Crippen molar-refractivity contribution in [3.8, 4) is 6.07 Å². The standard InChI is InChI=1S/C17H17N5O5/c18-9-3-11-27-17(24)15(16(23)4-1-2-10-20-21-19)12-13-5-7-14(8-6-13)22(25)26/h5-8,12H,1-4,10-11H2/b15-12+. The van der Waals surface area contributed by atoms with E-state index in [0.717, 1.165) is 0 Å². The quantitative estimate of drug-likeness (QED) is 0.0553. The van der Waals surface area contributed by atoms with Crippen molar-refractivity contribution in [2.24, 2.45) is 5.11 Å². The van der Waals surface area contributed by atoms with Gasteiger partial charge >= 0.3 is 5.97 Å². The average Bonchev–Trinajstić information content (AvgIpc) is 2.66. The summed E-state index contributed by atoms with van der Waals surface area (Å²) in [5.74, 6) is -1.32. The van der Waals surface area contributed by atoms with Crippen LogP contribution in [-0.4, -0.2) is 29.8 Å². The van der Waals surface area contributed by atoms with E-state index in [-0.39, 0.29) is 37.3 Å². The zero-order chi connectivity index (χ0) is 20.1. The third kappa shape index (κ3) is 7.81. The number of Topliss-reactive ketones (excluding diaryl/α,β-unsaturated/α-hetero) is 1. The van der Waals surface area contributed by atoms with Crippen LogP contribution in [0.25, 0.3) is 16.5 Å². The van der Waals surface area contributed by atoms with E-state index in [9.17, 15) is 19.7 Å². The SMILES string of the molecule is N#CCCOC(=O)/C(=C/c1ccc([N+](=O)[O-])cc1)C(=O)CCCCN=[N+]=[N-]. The first-order chi connectivity index (χ1) is 13.0. The average molecular weight is 371 g/mol. The second-order valence-corrected chi connectivity index (χ2v) is 5.29. The van der Waals surface area contributed by atoms with Gasteiger partial charge in [0.25, 0.3) is 5.69 Å². The van der Waals surface area contributed by atoms with Crippen LogP contribution < -0.4 is 0 Å². The summed E-state index contributed by atoms with van der Waals surface area (Å²) in [6.45, 7) is 0.106. The molecule has 1 rings (SSSR count). The fraction of sp³-hybridized carbons (Fsp3) is 0.353. The third-order valence-electron chi connectivity index (χ3n) is 3.36. The van der Waals surface area contributed by atoms with E-state index >= 15 is 0 Å². The van der Waals surface area contributed by atoms with Crippen LogP contribution >= 0.6 is 0 Å². The minimum absolute atomic E-state index is 0.00307. The molecule has 0 bridgehead atoms. The predicted molar refractivity (Wildman–Crippen MR) is 95.1 cm³/mol. The van der Waals surface area contributed by atoms with Crippen LogP contribution in [0.4, 0.5) is 5.69 Å². The van der Waals surface area contributed by atoms with E-state index in [1.807, 2.05) is 6.07 Å². The highest BCUT2D eigenvalue weighted by molar-refractivity contribution is 6.20. The number of nitro benzene ring substituents is 1. The number of nitrogens with zero attached hydrogens (tertiary/aromatic N) is 5. The summed E-state index contributed by atoms with van der Waals surface area (Å²) in [5.41, 5.74) is 8.32. The maximum atomic E-state index is 12.4. The molecule has 1 aromatic rings. The van der Waals surface area contributed by atoms with Crippen molar-refractivity contribution in [1.82, 2.24) is 0 Å². The Morgan fingerprint density at radius 2 is 2.04 bits per heavy atom. The summed E-state index contributed by atoms with van der Waals surface area (Å²) in [5, 5.41) is 22.6. The van der Waals surface area contributed by atoms with Crippen LogP contribution in [0.15, 0.2) is 35.0 Å². The van der Waals surface area contributed by atoms with Crippen LogP contribution in [0.3, 0.4) is 0 Å². The van der Waals surface area contributed by atoms with Crippen molar-refractivity contribution in [2.45, 2.75) is 25.7 Å². The molecule has 27 heavy (non-hydrogen) atoms. The first-order valence-electron chi connectivity index (χ1n) is 8.04. The van der Waals surface area contributed by atoms with Gasteiger partial charge in [-0.05, 0) is 42.1 Å². The summed E-state index contributed by atoms with van der Waals surface area (Å²) >= 11 is 0. The molecule has 0 saturated carbocycles. The molecule has 0 amide bonds. The van der Waals surface area contributed by atoms with Gasteiger partial charge in [0.2, 0.25) is 0 Å². The number of rotatable bonds is 11. The Bertz CT molecular complexity index is 804. The minimum Gasteiger partial charge on any atom is -0.461 e. The Labute approximate surface area is 154 Å². The Morgan fingerprint density at radius 1 is 1.33 bits per heavy atom. The maximum Gasteiger partial charge on any atom is 0.341 e. The van der Waals surface area contributed by atoms with Gasteiger partial charge in [-0.2, -0.15) is 5.26 Å². The zero-order valence-electron chi connectivity index (χ0n) is 14.4. The number of nitro groups is 1. The van der Waals surface area contributed by atoms with Gasteiger partial charge in [0.15, 0.2) is 5.78 Å². The van der Waals surface area contributed by atoms with Gasteiger partial charge in [-0.25, -0.2) is 4.79 Å². The summed E-state index contributed by atoms with van der Waals surface area (Å²) in [6, 6.07) is 7.17. The third-order valence-corrected chi connectivity index (χ3v) is 3.36. The number of benzene rings is 1. The first kappa shape index (κ1) is 21.3. The lowest BCUT2D eigenvalue weighted by Crippen LogP contribution is -2.16. The molecule has 0 unspecified atom stereocenters. The lowest BCUT2D eigenvalue weighted by atomic mass is 10.0. The van der Waals surface area contributed by atoms with Crippen molar-refractivity contribution >= 4 is 23.5 Å². The van der Waals surface area contributed by atoms with E-state index in [1.54, 1.807) is 0 Å². The highest BCUT2D eigenvalue weighted by Crippen LogP contribution is 2.17. The van der Waals surface area contributed by atoms with Crippen LogP contribution in [0.5, 0.6) is 0 Å². The van der Waals surface area contributed by atoms with Crippen LogP contribution in [0.2, 0.25) is 0 Å². The first-order valence-corrected chi connectivity index (χ1v) is 8.04. The van der Waals surface area contributed by atoms with E-state index < -0.39 is 16.7 Å². The number of azide groups is 1. The molecule has 0 radical (unpaired) electrons. The molecule has 0 aliphatic rings. The number of hydrogen-bond donors (Lipinski definition) is 0. The molecule has 0 aliphatic carbocycles. The number of non-ortho nitro benzene ring substituents is 1. The highest BCUT2D eigenvalue weighted by Gasteiger charge is 2.19. The fourth-order valence-electron chi connectivity index (χ4n) is 2.03. The lowest BCUT2D eigenvalue weighted by molar-refractivity contribution is -0.384. The van der Waals surface area contributed by atoms with Gasteiger partial charge in [0.05, 0.1) is 17.4 Å². The summed E-state index contributed by atoms with van der Waals surface area (Å²) in [4.78, 5) is 37.3. The van der Waals surface area contributed by atoms with E-state index in [2.05, 4.69) is 10.0 Å². The van der Waals surface area contributed by atoms with Crippen molar-refractivity contribution in [3.63, 3.8) is 0 Å². The highest BCUT2D eigenvalue weighted by atomic mass is 16.6. The second kappa shape index (κ2) is 11.8. The number of unbranched alkanes of at least 4 members (excludes halogenated alkanes) is 1. The Hall–Kier alpha value is -3.70. The molecule has 1 aromatic carbocycles. The van der Waals surface area contributed by atoms with Crippen molar-refractivity contribution in [2.75, 3.05) is 13.2 Å². The zero-order valence-corrected chi connectivity index (χ0v) is 14.4. The summed E-state index contributed by atoms with van der Waals surface area (Å²) < 4.78 is 4.92. The van der Waals surface area contributed by atoms with Crippen LogP contribution in [-0.2, 0) is 14.3 Å². The normalized spacial score (nSPS) is 10.4. The molecule has 0 spiro atoms. The van der Waals surface area contributed by atoms with Gasteiger partial charge in [-0.1, -0.05) is 5.11 Å². The van der Waals surface area contributed by atoms with Crippen LogP contribution in [0, 0.1) is 21.4 Å². The smallest absolute Gasteiger partial charge is 0.341 e. The summed E-state index contributed by atoms with van der Waals surface area (Å²) in [6.07, 6.45) is 2.25. The monoisotopic (exact) mass is 371 g/mol. The van der Waals surface area contributed by atoms with E-state index in [0.29, 0.717) is 18.4 Å². The minimum atomic E-state index is -0.858. The Kier molecular flexibility index (Phi) is 9.32. The van der Waals surface area contributed by atoms with Crippen molar-refractivity contribution in [3.05, 3.63) is 56.0 Å². The van der Waals surface area contributed by atoms with Crippen molar-refractivity contribution < 1.29 is 19.2 Å². The Balaban J connectivity index is 2.93. The number of carbonyl (C=O) groups is 2. The molecule has 0 heterocycles. The molecule has 0 fully saturated rings. The predicted octanol–water partition coefficient (Wildman–Crippen LogP) is 3.48. The molecular formula is C17H17N5O5.